The van der Waals surface area contributed by atoms with Crippen LogP contribution in [0.2, 0.25) is 16.7 Å². The van der Waals surface area contributed by atoms with E-state index in [4.69, 9.17) is 0 Å². The summed E-state index contributed by atoms with van der Waals surface area (Å²) in [5.41, 5.74) is 0. The third kappa shape index (κ3) is 2.65. The van der Waals surface area contributed by atoms with Gasteiger partial charge in [-0.3, -0.25) is 0 Å². The summed E-state index contributed by atoms with van der Waals surface area (Å²) in [6.07, 6.45) is 14.1. The summed E-state index contributed by atoms with van der Waals surface area (Å²) in [5, 5.41) is 0. The molecule has 3 fully saturated rings. The van der Waals surface area contributed by atoms with E-state index in [1.54, 1.807) is 51.8 Å². The Labute approximate surface area is 119 Å². The zero-order valence-corrected chi connectivity index (χ0v) is 15.9. The van der Waals surface area contributed by atoms with E-state index in [-0.39, 0.29) is 0 Å². The van der Waals surface area contributed by atoms with Gasteiger partial charge in [0, 0.05) is 0 Å². The molecule has 0 radical (unpaired) electrons. The normalized spacial score (nSPS) is 29.8. The molecule has 0 saturated heterocycles. The second kappa shape index (κ2) is 6.50. The summed E-state index contributed by atoms with van der Waals surface area (Å²) in [6.45, 7) is 7.20. The van der Waals surface area contributed by atoms with Crippen molar-refractivity contribution in [2.45, 2.75) is 95.3 Å². The number of unbranched alkanes of at least 4 members (excludes halogenated alkanes) is 3. The van der Waals surface area contributed by atoms with Crippen molar-refractivity contribution in [2.24, 2.45) is 5.92 Å². The first kappa shape index (κ1) is 15.2. The van der Waals surface area contributed by atoms with Crippen molar-refractivity contribution in [1.29, 1.82) is 0 Å². The summed E-state index contributed by atoms with van der Waals surface area (Å²) >= 11 is -1.80. The maximum atomic E-state index is 2.40. The number of rotatable bonds is 10. The van der Waals surface area contributed by atoms with Crippen LogP contribution in [-0.4, -0.2) is 18.4 Å². The number of hydrogen-bond donors (Lipinski definition) is 0. The van der Waals surface area contributed by atoms with Gasteiger partial charge in [-0.05, 0) is 0 Å². The maximum absolute atomic E-state index is 2.40. The van der Waals surface area contributed by atoms with E-state index in [0.29, 0.717) is 0 Å². The molecule has 0 aliphatic heterocycles. The molecule has 2 bridgehead atoms. The monoisotopic (exact) mass is 358 g/mol. The molecule has 3 aliphatic carbocycles. The Kier molecular flexibility index (Phi) is 5.49. The van der Waals surface area contributed by atoms with Gasteiger partial charge in [-0.2, -0.15) is 0 Å². The third-order valence-electron chi connectivity index (χ3n) is 6.19. The molecule has 0 atom stereocenters. The predicted molar refractivity (Wildman–Crippen MR) is 84.9 cm³/mol. The second-order valence-electron chi connectivity index (χ2n) is 7.35. The molecule has 0 aromatic rings. The van der Waals surface area contributed by atoms with Gasteiger partial charge in [0.15, 0.2) is 0 Å². The van der Waals surface area contributed by atoms with Crippen molar-refractivity contribution in [3.63, 3.8) is 0 Å². The molecule has 3 aliphatic rings. The summed E-state index contributed by atoms with van der Waals surface area (Å²) in [6, 6.07) is 0. The van der Waals surface area contributed by atoms with Crippen molar-refractivity contribution in [3.8, 4) is 0 Å². The third-order valence-corrected chi connectivity index (χ3v) is 25.6. The minimum absolute atomic E-state index is 1.04. The molecule has 3 rings (SSSR count). The van der Waals surface area contributed by atoms with Gasteiger partial charge in [0.05, 0.1) is 0 Å². The molecule has 0 N–H and O–H groups in total. The van der Waals surface area contributed by atoms with Crippen molar-refractivity contribution in [1.82, 2.24) is 0 Å². The van der Waals surface area contributed by atoms with E-state index < -0.39 is 18.4 Å². The average molecular weight is 357 g/mol. The molecule has 0 nitrogen and oxygen atoms in total. The summed E-state index contributed by atoms with van der Waals surface area (Å²) in [5.74, 6) is 1.20. The molecular formula is C17H34Sn. The summed E-state index contributed by atoms with van der Waals surface area (Å²) < 4.78 is 6.28. The van der Waals surface area contributed by atoms with Crippen LogP contribution in [-0.2, 0) is 0 Å². The van der Waals surface area contributed by atoms with Crippen LogP contribution in [0, 0.1) is 5.92 Å². The van der Waals surface area contributed by atoms with Gasteiger partial charge in [-0.25, -0.2) is 0 Å². The Morgan fingerprint density at radius 1 is 0.778 bits per heavy atom. The molecule has 1 heteroatoms. The molecule has 0 aromatic heterocycles. The van der Waals surface area contributed by atoms with Gasteiger partial charge in [0.1, 0.15) is 0 Å². The van der Waals surface area contributed by atoms with E-state index in [1.165, 1.54) is 25.2 Å². The molecule has 0 spiro atoms. The Balaban J connectivity index is 2.04. The predicted octanol–water partition coefficient (Wildman–Crippen LogP) is 6.39. The zero-order chi connectivity index (χ0) is 13.1. The van der Waals surface area contributed by atoms with Crippen LogP contribution < -0.4 is 0 Å². The quantitative estimate of drug-likeness (QED) is 0.398. The SMILES string of the molecule is CCC[CH2][Sn]([CH2]CCC)([CH2]CCC)[C]12CC(C1)C2. The van der Waals surface area contributed by atoms with Crippen molar-refractivity contribution >= 4 is 18.4 Å². The minimum atomic E-state index is -1.80. The molecule has 18 heavy (non-hydrogen) atoms. The van der Waals surface area contributed by atoms with Crippen LogP contribution in [0.3, 0.4) is 0 Å². The molecule has 3 saturated carbocycles. The van der Waals surface area contributed by atoms with Crippen LogP contribution >= 0.6 is 0 Å². The second-order valence-corrected chi connectivity index (χ2v) is 22.0. The summed E-state index contributed by atoms with van der Waals surface area (Å²) in [4.78, 5) is 0. The average Bonchev–Trinajstić information content (AvgIpc) is 2.26. The van der Waals surface area contributed by atoms with Gasteiger partial charge >= 0.3 is 120 Å². The van der Waals surface area contributed by atoms with Gasteiger partial charge in [-0.1, -0.05) is 0 Å². The molecule has 0 amide bonds. The van der Waals surface area contributed by atoms with Gasteiger partial charge in [0.25, 0.3) is 0 Å². The van der Waals surface area contributed by atoms with Gasteiger partial charge in [-0.15, -0.1) is 0 Å². The molecule has 106 valence electrons. The Morgan fingerprint density at radius 3 is 1.39 bits per heavy atom. The van der Waals surface area contributed by atoms with Crippen LogP contribution in [0.15, 0.2) is 0 Å². The first-order chi connectivity index (χ1) is 8.72. The topological polar surface area (TPSA) is 0 Å². The van der Waals surface area contributed by atoms with E-state index in [0.717, 1.165) is 3.43 Å². The fourth-order valence-electron chi connectivity index (χ4n) is 4.84. The first-order valence-corrected chi connectivity index (χ1v) is 16.2. The Bertz CT molecular complexity index is 220. The molecule has 0 heterocycles. The molecule has 0 aromatic carbocycles. The van der Waals surface area contributed by atoms with Gasteiger partial charge < -0.3 is 0 Å². The number of hydrogen-bond acceptors (Lipinski definition) is 0. The van der Waals surface area contributed by atoms with Crippen LogP contribution in [0.4, 0.5) is 0 Å². The standard InChI is InChI=1S/C5H7.3C4H9.Sn/c1-4-2-5(1)3-4;3*1-3-4-2;/h4H,1-3H2;3*1,3-4H2,2H3;. The van der Waals surface area contributed by atoms with E-state index >= 15 is 0 Å². The zero-order valence-electron chi connectivity index (χ0n) is 13.1. The van der Waals surface area contributed by atoms with Crippen molar-refractivity contribution < 1.29 is 0 Å². The van der Waals surface area contributed by atoms with Crippen LogP contribution in [0.5, 0.6) is 0 Å². The Hall–Kier alpha value is 0.799. The fourth-order valence-corrected chi connectivity index (χ4v) is 26.5. The van der Waals surface area contributed by atoms with Crippen LogP contribution in [0.25, 0.3) is 0 Å². The van der Waals surface area contributed by atoms with Crippen LogP contribution in [0.1, 0.15) is 78.6 Å². The van der Waals surface area contributed by atoms with E-state index in [1.807, 2.05) is 0 Å². The Morgan fingerprint density at radius 2 is 1.17 bits per heavy atom. The van der Waals surface area contributed by atoms with E-state index in [9.17, 15) is 0 Å². The summed E-state index contributed by atoms with van der Waals surface area (Å²) in [7, 11) is 0. The first-order valence-electron chi connectivity index (χ1n) is 8.72. The van der Waals surface area contributed by atoms with Crippen molar-refractivity contribution in [2.75, 3.05) is 0 Å². The molecular weight excluding hydrogens is 323 g/mol. The van der Waals surface area contributed by atoms with Crippen molar-refractivity contribution in [3.05, 3.63) is 0 Å². The van der Waals surface area contributed by atoms with E-state index in [2.05, 4.69) is 20.8 Å². The van der Waals surface area contributed by atoms with Gasteiger partial charge in [0.2, 0.25) is 0 Å². The fraction of sp³-hybridized carbons (Fsp3) is 1.00. The molecule has 0 unspecified atom stereocenters.